The molecular formula is C63H39N3O2. The molecule has 14 rings (SSSR count). The number of hydrogen-bond acceptors (Lipinski definition) is 5. The SMILES string of the molecule is c1ccc(N2c3ccccc3C3(c4ccccc4-c4cc(-c5cc(-c6ccc(-c7nc8ccccc8o7)cc6)cc(-c6ccc(-c7nc8ccccc8o7)cc6)c5)ccc43)c3ccccc32)cc1. The van der Waals surface area contributed by atoms with Gasteiger partial charge in [0.1, 0.15) is 11.0 Å². The van der Waals surface area contributed by atoms with Crippen molar-refractivity contribution in [3.05, 3.63) is 259 Å². The Kier molecular flexibility index (Phi) is 8.43. The van der Waals surface area contributed by atoms with Crippen molar-refractivity contribution in [2.45, 2.75) is 5.41 Å². The molecule has 2 aromatic heterocycles. The molecule has 12 aromatic rings. The average molecular weight is 870 g/mol. The lowest BCUT2D eigenvalue weighted by Crippen LogP contribution is -2.36. The Morgan fingerprint density at radius 2 is 0.735 bits per heavy atom. The molecule has 1 aliphatic carbocycles. The van der Waals surface area contributed by atoms with Gasteiger partial charge in [-0.25, -0.2) is 9.97 Å². The van der Waals surface area contributed by atoms with Crippen molar-refractivity contribution in [3.8, 4) is 67.4 Å². The van der Waals surface area contributed by atoms with Crippen molar-refractivity contribution in [1.29, 1.82) is 0 Å². The van der Waals surface area contributed by atoms with Crippen LogP contribution in [0.15, 0.2) is 245 Å². The highest BCUT2D eigenvalue weighted by Crippen LogP contribution is 2.63. The molecule has 10 aromatic carbocycles. The van der Waals surface area contributed by atoms with Gasteiger partial charge in [-0.3, -0.25) is 0 Å². The first kappa shape index (κ1) is 38.2. The van der Waals surface area contributed by atoms with Crippen LogP contribution in [0.25, 0.3) is 89.6 Å². The summed E-state index contributed by atoms with van der Waals surface area (Å²) in [7, 11) is 0. The molecular weight excluding hydrogens is 831 g/mol. The highest BCUT2D eigenvalue weighted by Gasteiger charge is 2.51. The van der Waals surface area contributed by atoms with Gasteiger partial charge < -0.3 is 13.7 Å². The molecule has 5 heteroatoms. The Bertz CT molecular complexity index is 3670. The number of para-hydroxylation sites is 7. The largest absolute Gasteiger partial charge is 0.436 e. The van der Waals surface area contributed by atoms with Crippen LogP contribution in [-0.4, -0.2) is 9.97 Å². The summed E-state index contributed by atoms with van der Waals surface area (Å²) in [5.41, 5.74) is 22.4. The van der Waals surface area contributed by atoms with E-state index in [0.29, 0.717) is 11.8 Å². The number of oxazole rings is 2. The molecule has 0 bridgehead atoms. The van der Waals surface area contributed by atoms with Gasteiger partial charge in [-0.15, -0.1) is 0 Å². The maximum absolute atomic E-state index is 6.16. The van der Waals surface area contributed by atoms with E-state index in [9.17, 15) is 0 Å². The van der Waals surface area contributed by atoms with E-state index >= 15 is 0 Å². The molecule has 0 saturated carbocycles. The molecule has 0 unspecified atom stereocenters. The molecule has 1 aliphatic heterocycles. The van der Waals surface area contributed by atoms with Crippen LogP contribution < -0.4 is 4.90 Å². The van der Waals surface area contributed by atoms with E-state index in [-0.39, 0.29) is 0 Å². The molecule has 1 spiro atoms. The highest BCUT2D eigenvalue weighted by atomic mass is 16.4. The van der Waals surface area contributed by atoms with Crippen LogP contribution >= 0.6 is 0 Å². The zero-order valence-corrected chi connectivity index (χ0v) is 36.7. The molecule has 0 radical (unpaired) electrons. The summed E-state index contributed by atoms with van der Waals surface area (Å²) in [6, 6.07) is 84.7. The topological polar surface area (TPSA) is 55.3 Å². The van der Waals surface area contributed by atoms with Crippen molar-refractivity contribution in [3.63, 3.8) is 0 Å². The van der Waals surface area contributed by atoms with Gasteiger partial charge in [-0.05, 0) is 164 Å². The lowest BCUT2D eigenvalue weighted by molar-refractivity contribution is 0.619. The van der Waals surface area contributed by atoms with Gasteiger partial charge in [0.25, 0.3) is 0 Å². The summed E-state index contributed by atoms with van der Waals surface area (Å²) in [5, 5.41) is 0. The molecule has 2 aliphatic rings. The van der Waals surface area contributed by atoms with E-state index < -0.39 is 5.41 Å². The van der Waals surface area contributed by atoms with Crippen LogP contribution in [0.3, 0.4) is 0 Å². The Hall–Kier alpha value is -9.06. The number of fused-ring (bicyclic) bond motifs is 11. The van der Waals surface area contributed by atoms with E-state index in [0.717, 1.165) is 72.4 Å². The predicted octanol–water partition coefficient (Wildman–Crippen LogP) is 16.5. The molecule has 5 nitrogen and oxygen atoms in total. The maximum Gasteiger partial charge on any atom is 0.227 e. The van der Waals surface area contributed by atoms with Crippen LogP contribution in [0, 0.1) is 0 Å². The third-order valence-corrected chi connectivity index (χ3v) is 13.9. The number of nitrogens with zero attached hydrogens (tertiary/aromatic N) is 3. The lowest BCUT2D eigenvalue weighted by atomic mass is 9.64. The zero-order chi connectivity index (χ0) is 44.8. The minimum Gasteiger partial charge on any atom is -0.436 e. The predicted molar refractivity (Wildman–Crippen MR) is 274 cm³/mol. The molecule has 318 valence electrons. The van der Waals surface area contributed by atoms with Gasteiger partial charge in [0.05, 0.1) is 16.8 Å². The van der Waals surface area contributed by atoms with Gasteiger partial charge in [0.15, 0.2) is 11.2 Å². The van der Waals surface area contributed by atoms with Crippen molar-refractivity contribution in [1.82, 2.24) is 9.97 Å². The van der Waals surface area contributed by atoms with E-state index in [2.05, 4.69) is 193 Å². The third kappa shape index (κ3) is 5.82. The van der Waals surface area contributed by atoms with Gasteiger partial charge in [-0.2, -0.15) is 0 Å². The molecule has 0 saturated heterocycles. The van der Waals surface area contributed by atoms with Crippen LogP contribution in [0.2, 0.25) is 0 Å². The number of benzene rings is 10. The Balaban J connectivity index is 0.924. The molecule has 0 amide bonds. The summed E-state index contributed by atoms with van der Waals surface area (Å²) >= 11 is 0. The van der Waals surface area contributed by atoms with Gasteiger partial charge in [0, 0.05) is 16.8 Å². The average Bonchev–Trinajstić information content (AvgIpc) is 4.13. The standard InChI is InChI=1S/C63H39N3O2/c1-2-14-48(15-3-1)66-57-22-10-6-18-53(57)63(54-19-7-11-23-58(54)66)51-17-5-4-16-49(51)50-39-44(34-35-52(50)63)47-37-45(40-26-30-42(31-27-40)61-64-55-20-8-12-24-59(55)67-61)36-46(38-47)41-28-32-43(33-29-41)62-65-56-21-9-13-25-60(56)68-62/h1-39H. The Morgan fingerprint density at radius 3 is 1.29 bits per heavy atom. The van der Waals surface area contributed by atoms with Gasteiger partial charge >= 0.3 is 0 Å². The summed E-state index contributed by atoms with van der Waals surface area (Å²) in [5.74, 6) is 1.22. The number of anilines is 3. The van der Waals surface area contributed by atoms with Crippen LogP contribution in [-0.2, 0) is 5.41 Å². The van der Waals surface area contributed by atoms with Crippen LogP contribution in [0.5, 0.6) is 0 Å². The number of aromatic nitrogens is 2. The summed E-state index contributed by atoms with van der Waals surface area (Å²) in [6.07, 6.45) is 0. The van der Waals surface area contributed by atoms with Gasteiger partial charge in [-0.1, -0.05) is 140 Å². The fourth-order valence-corrected chi connectivity index (χ4v) is 10.9. The number of rotatable bonds is 6. The fourth-order valence-electron chi connectivity index (χ4n) is 10.9. The van der Waals surface area contributed by atoms with Crippen molar-refractivity contribution in [2.24, 2.45) is 0 Å². The Morgan fingerprint density at radius 1 is 0.309 bits per heavy atom. The normalized spacial score (nSPS) is 13.1. The second kappa shape index (κ2) is 15.0. The molecule has 68 heavy (non-hydrogen) atoms. The zero-order valence-electron chi connectivity index (χ0n) is 36.7. The quantitative estimate of drug-likeness (QED) is 0.167. The van der Waals surface area contributed by atoms with Crippen molar-refractivity contribution >= 4 is 39.3 Å². The summed E-state index contributed by atoms with van der Waals surface area (Å²) in [6.45, 7) is 0. The Labute approximate surface area is 392 Å². The van der Waals surface area contributed by atoms with E-state index in [1.165, 1.54) is 44.8 Å². The van der Waals surface area contributed by atoms with Gasteiger partial charge in [0.2, 0.25) is 11.8 Å². The van der Waals surface area contributed by atoms with Crippen LogP contribution in [0.1, 0.15) is 22.3 Å². The molecule has 0 fully saturated rings. The van der Waals surface area contributed by atoms with E-state index in [1.807, 2.05) is 48.5 Å². The summed E-state index contributed by atoms with van der Waals surface area (Å²) < 4.78 is 12.3. The first-order chi connectivity index (χ1) is 33.7. The van der Waals surface area contributed by atoms with Crippen LogP contribution in [0.4, 0.5) is 17.1 Å². The van der Waals surface area contributed by atoms with E-state index in [4.69, 9.17) is 18.8 Å². The second-order valence-electron chi connectivity index (χ2n) is 17.7. The second-order valence-corrected chi connectivity index (χ2v) is 17.7. The minimum absolute atomic E-state index is 0.525. The van der Waals surface area contributed by atoms with Crippen molar-refractivity contribution in [2.75, 3.05) is 4.90 Å². The maximum atomic E-state index is 6.16. The fraction of sp³-hybridized carbons (Fsp3) is 0.0159. The minimum atomic E-state index is -0.525. The third-order valence-electron chi connectivity index (χ3n) is 13.9. The first-order valence-corrected chi connectivity index (χ1v) is 23.0. The molecule has 3 heterocycles. The highest BCUT2D eigenvalue weighted by molar-refractivity contribution is 5.97. The monoisotopic (exact) mass is 869 g/mol. The number of hydrogen-bond donors (Lipinski definition) is 0. The smallest absolute Gasteiger partial charge is 0.227 e. The molecule has 0 atom stereocenters. The lowest BCUT2D eigenvalue weighted by Gasteiger charge is -2.45. The molecule has 0 N–H and O–H groups in total. The van der Waals surface area contributed by atoms with Crippen molar-refractivity contribution < 1.29 is 8.83 Å². The first-order valence-electron chi connectivity index (χ1n) is 23.0. The summed E-state index contributed by atoms with van der Waals surface area (Å²) in [4.78, 5) is 12.0. The van der Waals surface area contributed by atoms with E-state index in [1.54, 1.807) is 0 Å².